The van der Waals surface area contributed by atoms with Crippen LogP contribution >= 0.6 is 0 Å². The predicted molar refractivity (Wildman–Crippen MR) is 83.7 cm³/mol. The minimum Gasteiger partial charge on any atom is -0.380 e. The van der Waals surface area contributed by atoms with Gasteiger partial charge >= 0.3 is 5.63 Å². The minimum absolute atomic E-state index is 0.188. The second kappa shape index (κ2) is 5.88. The van der Waals surface area contributed by atoms with E-state index in [9.17, 15) is 14.7 Å². The lowest BCUT2D eigenvalue weighted by Crippen LogP contribution is -2.41. The maximum atomic E-state index is 12.2. The highest BCUT2D eigenvalue weighted by molar-refractivity contribution is 5.98. The van der Waals surface area contributed by atoms with Crippen molar-refractivity contribution < 1.29 is 14.4 Å². The molecule has 0 aliphatic rings. The Bertz CT molecular complexity index is 762. The van der Waals surface area contributed by atoms with Gasteiger partial charge in [-0.25, -0.2) is 4.79 Å². The van der Waals surface area contributed by atoms with E-state index in [1.54, 1.807) is 25.1 Å². The fraction of sp³-hybridized carbons (Fsp3) is 0.438. The monoisotopic (exact) mass is 304 g/mol. The average molecular weight is 304 g/mol. The lowest BCUT2D eigenvalue weighted by atomic mass is 9.93. The van der Waals surface area contributed by atoms with Crippen LogP contribution < -0.4 is 10.9 Å². The van der Waals surface area contributed by atoms with E-state index in [2.05, 4.69) is 15.0 Å². The molecule has 0 radical (unpaired) electrons. The molecular weight excluding hydrogens is 284 g/mol. The molecule has 0 saturated heterocycles. The van der Waals surface area contributed by atoms with Crippen molar-refractivity contribution in [1.82, 2.24) is 5.16 Å². The molecule has 0 bridgehead atoms. The molecule has 22 heavy (non-hydrogen) atoms. The number of hydrogen-bond donors (Lipinski definition) is 2. The van der Waals surface area contributed by atoms with E-state index in [0.717, 1.165) is 0 Å². The number of carbonyl (C=O) groups excluding carboxylic acids is 1. The summed E-state index contributed by atoms with van der Waals surface area (Å²) in [4.78, 5) is 23.8. The first-order valence-electron chi connectivity index (χ1n) is 7.15. The molecule has 1 amide bonds. The zero-order chi connectivity index (χ0) is 16.5. The third-order valence-corrected chi connectivity index (χ3v) is 3.45. The largest absolute Gasteiger partial charge is 0.380 e. The summed E-state index contributed by atoms with van der Waals surface area (Å²) in [5.41, 5.74) is -0.923. The zero-order valence-corrected chi connectivity index (χ0v) is 13.1. The quantitative estimate of drug-likeness (QED) is 0.903. The Kier molecular flexibility index (Phi) is 4.32. The van der Waals surface area contributed by atoms with Crippen LogP contribution in [0.1, 0.15) is 32.9 Å². The van der Waals surface area contributed by atoms with Gasteiger partial charge in [0.1, 0.15) is 5.60 Å². The average Bonchev–Trinajstić information content (AvgIpc) is 2.41. The van der Waals surface area contributed by atoms with E-state index in [-0.39, 0.29) is 5.92 Å². The summed E-state index contributed by atoms with van der Waals surface area (Å²) in [6.45, 7) is 7.08. The molecule has 1 aromatic heterocycles. The van der Waals surface area contributed by atoms with E-state index >= 15 is 0 Å². The van der Waals surface area contributed by atoms with Gasteiger partial charge in [-0.05, 0) is 44.4 Å². The Morgan fingerprint density at radius 3 is 2.73 bits per heavy atom. The van der Waals surface area contributed by atoms with Gasteiger partial charge in [-0.15, -0.1) is 0 Å². The molecule has 2 aromatic rings. The van der Waals surface area contributed by atoms with E-state index in [1.165, 1.54) is 6.92 Å². The van der Waals surface area contributed by atoms with Gasteiger partial charge in [-0.1, -0.05) is 19.0 Å². The molecule has 0 aliphatic carbocycles. The van der Waals surface area contributed by atoms with Crippen LogP contribution in [-0.4, -0.2) is 21.8 Å². The minimum atomic E-state index is -1.45. The summed E-state index contributed by atoms with van der Waals surface area (Å²) < 4.78 is 4.66. The summed E-state index contributed by atoms with van der Waals surface area (Å²) in [7, 11) is 0. The number of nitrogens with zero attached hydrogens (tertiary/aromatic N) is 1. The van der Waals surface area contributed by atoms with E-state index in [1.807, 2.05) is 13.8 Å². The molecule has 0 fully saturated rings. The fourth-order valence-electron chi connectivity index (χ4n) is 2.46. The molecule has 2 N–H and O–H groups in total. The fourth-order valence-corrected chi connectivity index (χ4v) is 2.46. The second-order valence-corrected chi connectivity index (χ2v) is 6.14. The molecule has 1 unspecified atom stereocenters. The summed E-state index contributed by atoms with van der Waals surface area (Å²) >= 11 is 0. The zero-order valence-electron chi connectivity index (χ0n) is 13.1. The van der Waals surface area contributed by atoms with Crippen LogP contribution in [0.15, 0.2) is 27.5 Å². The highest BCUT2D eigenvalue weighted by atomic mass is 16.5. The van der Waals surface area contributed by atoms with E-state index in [4.69, 9.17) is 0 Å². The van der Waals surface area contributed by atoms with Gasteiger partial charge in [0, 0.05) is 11.1 Å². The molecule has 2 rings (SSSR count). The Morgan fingerprint density at radius 2 is 2.09 bits per heavy atom. The molecule has 1 atom stereocenters. The Hall–Kier alpha value is -2.21. The van der Waals surface area contributed by atoms with Crippen LogP contribution in [-0.2, 0) is 4.79 Å². The number of nitrogens with one attached hydrogen (secondary N) is 1. The SMILES string of the molecule is Cc1noc(=O)c2ccc(NC(=O)C(C)(O)CC(C)C)cc12. The number of amides is 1. The topological polar surface area (TPSA) is 92.4 Å². The summed E-state index contributed by atoms with van der Waals surface area (Å²) in [6, 6.07) is 4.82. The Morgan fingerprint density at radius 1 is 1.41 bits per heavy atom. The third-order valence-electron chi connectivity index (χ3n) is 3.45. The number of benzene rings is 1. The molecule has 0 spiro atoms. The second-order valence-electron chi connectivity index (χ2n) is 6.14. The molecule has 1 heterocycles. The smallest absolute Gasteiger partial charge is 0.366 e. The van der Waals surface area contributed by atoms with Gasteiger partial charge < -0.3 is 14.9 Å². The van der Waals surface area contributed by atoms with Gasteiger partial charge in [0.05, 0.1) is 11.1 Å². The summed E-state index contributed by atoms with van der Waals surface area (Å²) in [5, 5.41) is 17.6. The maximum Gasteiger partial charge on any atom is 0.366 e. The first kappa shape index (κ1) is 16.2. The molecule has 0 aliphatic heterocycles. The van der Waals surface area contributed by atoms with Gasteiger partial charge in [0.25, 0.3) is 5.91 Å². The number of aromatic nitrogens is 1. The summed E-state index contributed by atoms with van der Waals surface area (Å²) in [6.07, 6.45) is 0.358. The van der Waals surface area contributed by atoms with Crippen LogP contribution in [0, 0.1) is 12.8 Å². The molecular formula is C16H20N2O4. The lowest BCUT2D eigenvalue weighted by molar-refractivity contribution is -0.133. The number of anilines is 1. The van der Waals surface area contributed by atoms with Crippen molar-refractivity contribution >= 4 is 22.4 Å². The molecule has 6 heteroatoms. The van der Waals surface area contributed by atoms with Crippen molar-refractivity contribution in [2.45, 2.75) is 39.7 Å². The van der Waals surface area contributed by atoms with Crippen molar-refractivity contribution in [2.24, 2.45) is 5.92 Å². The lowest BCUT2D eigenvalue weighted by Gasteiger charge is -2.24. The molecule has 0 saturated carbocycles. The number of carbonyl (C=O) groups is 1. The number of aliphatic hydroxyl groups is 1. The number of aryl methyl sites for hydroxylation is 1. The Balaban J connectivity index is 2.31. The van der Waals surface area contributed by atoms with Crippen LogP contribution in [0.5, 0.6) is 0 Å². The van der Waals surface area contributed by atoms with Crippen LogP contribution in [0.3, 0.4) is 0 Å². The van der Waals surface area contributed by atoms with Crippen LogP contribution in [0.2, 0.25) is 0 Å². The van der Waals surface area contributed by atoms with E-state index < -0.39 is 17.1 Å². The normalized spacial score (nSPS) is 14.1. The van der Waals surface area contributed by atoms with Crippen LogP contribution in [0.4, 0.5) is 5.69 Å². The predicted octanol–water partition coefficient (Wildman–Crippen LogP) is 2.23. The first-order valence-corrected chi connectivity index (χ1v) is 7.15. The van der Waals surface area contributed by atoms with Gasteiger partial charge in [-0.3, -0.25) is 4.79 Å². The molecule has 1 aromatic carbocycles. The van der Waals surface area contributed by atoms with Crippen molar-refractivity contribution in [1.29, 1.82) is 0 Å². The molecule has 6 nitrogen and oxygen atoms in total. The number of rotatable bonds is 4. The van der Waals surface area contributed by atoms with E-state index in [0.29, 0.717) is 28.6 Å². The first-order chi connectivity index (χ1) is 10.2. The van der Waals surface area contributed by atoms with Crippen molar-refractivity contribution in [3.8, 4) is 0 Å². The van der Waals surface area contributed by atoms with Crippen LogP contribution in [0.25, 0.3) is 10.8 Å². The maximum absolute atomic E-state index is 12.2. The van der Waals surface area contributed by atoms with Crippen molar-refractivity contribution in [2.75, 3.05) is 5.32 Å². The van der Waals surface area contributed by atoms with Crippen molar-refractivity contribution in [3.05, 3.63) is 34.3 Å². The summed E-state index contributed by atoms with van der Waals surface area (Å²) in [5.74, 6) is -0.289. The number of fused-ring (bicyclic) bond motifs is 1. The van der Waals surface area contributed by atoms with Gasteiger partial charge in [0.2, 0.25) is 0 Å². The standard InChI is InChI=1S/C16H20N2O4/c1-9(2)8-16(4,21)15(20)17-11-5-6-12-13(7-11)10(3)18-22-14(12)19/h5-7,9,21H,8H2,1-4H3,(H,17,20). The van der Waals surface area contributed by atoms with Gasteiger partial charge in [0.15, 0.2) is 0 Å². The highest BCUT2D eigenvalue weighted by Crippen LogP contribution is 2.22. The van der Waals surface area contributed by atoms with Crippen molar-refractivity contribution in [3.63, 3.8) is 0 Å². The highest BCUT2D eigenvalue weighted by Gasteiger charge is 2.31. The molecule has 118 valence electrons. The third kappa shape index (κ3) is 3.33. The van der Waals surface area contributed by atoms with Gasteiger partial charge in [-0.2, -0.15) is 0 Å². The Labute approximate surface area is 128 Å². The number of hydrogen-bond acceptors (Lipinski definition) is 5.